The second-order valence-corrected chi connectivity index (χ2v) is 9.34. The maximum atomic E-state index is 14.6. The number of carbonyl (C=O) groups excluding carboxylic acids is 1. The Balaban J connectivity index is 1.63. The van der Waals surface area contributed by atoms with Crippen molar-refractivity contribution in [1.82, 2.24) is 4.90 Å². The summed E-state index contributed by atoms with van der Waals surface area (Å²) >= 11 is 12.2. The second kappa shape index (κ2) is 10.0. The normalized spacial score (nSPS) is 15.6. The van der Waals surface area contributed by atoms with Gasteiger partial charge in [-0.25, -0.2) is 4.39 Å². The quantitative estimate of drug-likeness (QED) is 0.550. The summed E-state index contributed by atoms with van der Waals surface area (Å²) in [6, 6.07) is 10.7. The van der Waals surface area contributed by atoms with Gasteiger partial charge < -0.3 is 9.80 Å². The zero-order valence-electron chi connectivity index (χ0n) is 17.8. The van der Waals surface area contributed by atoms with E-state index in [2.05, 4.69) is 18.7 Å². The first kappa shape index (κ1) is 22.9. The highest BCUT2D eigenvalue weighted by atomic mass is 35.5. The molecule has 2 aromatic rings. The number of benzene rings is 2. The van der Waals surface area contributed by atoms with Crippen LogP contribution in [0.5, 0.6) is 0 Å². The molecule has 3 rings (SSSR count). The standard InChI is InChI=1S/C24H29Cl2FN2O/c1-16(2)13-19-5-4-6-22(27)23(19)28-9-11-29(12-10-28)24(30)17(3)14-18-7-8-20(25)15-21(18)26/h4-8,15-17H,9-14H2,1-3H3/t17-/m1/s1. The lowest BCUT2D eigenvalue weighted by atomic mass is 9.98. The first-order valence-electron chi connectivity index (χ1n) is 10.5. The van der Waals surface area contributed by atoms with Crippen molar-refractivity contribution in [2.24, 2.45) is 11.8 Å². The van der Waals surface area contributed by atoms with Crippen LogP contribution in [0, 0.1) is 17.7 Å². The molecule has 1 saturated heterocycles. The van der Waals surface area contributed by atoms with Crippen LogP contribution >= 0.6 is 23.2 Å². The molecule has 30 heavy (non-hydrogen) atoms. The maximum absolute atomic E-state index is 14.6. The number of piperazine rings is 1. The van der Waals surface area contributed by atoms with E-state index in [1.54, 1.807) is 18.2 Å². The summed E-state index contributed by atoms with van der Waals surface area (Å²) in [5.41, 5.74) is 2.65. The van der Waals surface area contributed by atoms with Gasteiger partial charge in [0.1, 0.15) is 5.82 Å². The van der Waals surface area contributed by atoms with Crippen LogP contribution in [0.25, 0.3) is 0 Å². The van der Waals surface area contributed by atoms with Crippen molar-refractivity contribution in [3.63, 3.8) is 0 Å². The van der Waals surface area contributed by atoms with Crippen LogP contribution in [0.3, 0.4) is 0 Å². The predicted molar refractivity (Wildman–Crippen MR) is 123 cm³/mol. The van der Waals surface area contributed by atoms with E-state index in [0.717, 1.165) is 17.5 Å². The van der Waals surface area contributed by atoms with Crippen molar-refractivity contribution in [3.05, 3.63) is 63.4 Å². The molecule has 1 aliphatic rings. The second-order valence-electron chi connectivity index (χ2n) is 8.50. The van der Waals surface area contributed by atoms with Crippen molar-refractivity contribution in [2.45, 2.75) is 33.6 Å². The van der Waals surface area contributed by atoms with Crippen LogP contribution in [0.15, 0.2) is 36.4 Å². The summed E-state index contributed by atoms with van der Waals surface area (Å²) in [4.78, 5) is 16.9. The molecule has 0 saturated carbocycles. The minimum Gasteiger partial charge on any atom is -0.365 e. The van der Waals surface area contributed by atoms with Gasteiger partial charge in [-0.2, -0.15) is 0 Å². The Morgan fingerprint density at radius 1 is 1.00 bits per heavy atom. The SMILES string of the molecule is CC(C)Cc1cccc(F)c1N1CCN(C(=O)[C@H](C)Cc2ccc(Cl)cc2Cl)CC1. The van der Waals surface area contributed by atoms with Gasteiger partial charge in [0.05, 0.1) is 5.69 Å². The Bertz CT molecular complexity index is 895. The summed E-state index contributed by atoms with van der Waals surface area (Å²) in [6.45, 7) is 8.65. The van der Waals surface area contributed by atoms with Gasteiger partial charge in [-0.15, -0.1) is 0 Å². The number of rotatable bonds is 6. The molecule has 1 aliphatic heterocycles. The Kier molecular flexibility index (Phi) is 7.65. The van der Waals surface area contributed by atoms with Crippen molar-refractivity contribution in [1.29, 1.82) is 0 Å². The highest BCUT2D eigenvalue weighted by molar-refractivity contribution is 6.35. The zero-order valence-corrected chi connectivity index (χ0v) is 19.3. The smallest absolute Gasteiger partial charge is 0.225 e. The van der Waals surface area contributed by atoms with Crippen LogP contribution in [-0.2, 0) is 17.6 Å². The van der Waals surface area contributed by atoms with Gasteiger partial charge in [-0.3, -0.25) is 4.79 Å². The molecule has 0 N–H and O–H groups in total. The molecular weight excluding hydrogens is 422 g/mol. The van der Waals surface area contributed by atoms with Gasteiger partial charge in [0.15, 0.2) is 0 Å². The molecule has 3 nitrogen and oxygen atoms in total. The Labute approximate surface area is 188 Å². The van der Waals surface area contributed by atoms with Crippen LogP contribution in [0.1, 0.15) is 31.9 Å². The van der Waals surface area contributed by atoms with Gasteiger partial charge in [0.2, 0.25) is 5.91 Å². The number of hydrogen-bond donors (Lipinski definition) is 0. The number of carbonyl (C=O) groups is 1. The summed E-state index contributed by atoms with van der Waals surface area (Å²) < 4.78 is 14.6. The molecule has 1 heterocycles. The number of para-hydroxylation sites is 1. The van der Waals surface area contributed by atoms with E-state index < -0.39 is 0 Å². The molecule has 0 bridgehead atoms. The van der Waals surface area contributed by atoms with Crippen LogP contribution in [-0.4, -0.2) is 37.0 Å². The van der Waals surface area contributed by atoms with E-state index in [4.69, 9.17) is 23.2 Å². The van der Waals surface area contributed by atoms with Crippen LogP contribution < -0.4 is 4.90 Å². The summed E-state index contributed by atoms with van der Waals surface area (Å²) in [5, 5.41) is 1.17. The van der Waals surface area contributed by atoms with Gasteiger partial charge in [-0.1, -0.05) is 62.2 Å². The third-order valence-electron chi connectivity index (χ3n) is 5.57. The van der Waals surface area contributed by atoms with E-state index >= 15 is 0 Å². The fourth-order valence-electron chi connectivity index (χ4n) is 4.09. The lowest BCUT2D eigenvalue weighted by molar-refractivity contribution is -0.135. The lowest BCUT2D eigenvalue weighted by Crippen LogP contribution is -2.50. The highest BCUT2D eigenvalue weighted by Crippen LogP contribution is 2.29. The van der Waals surface area contributed by atoms with E-state index in [-0.39, 0.29) is 17.6 Å². The molecule has 1 amide bonds. The summed E-state index contributed by atoms with van der Waals surface area (Å²) in [6.07, 6.45) is 1.41. The van der Waals surface area contributed by atoms with Gasteiger partial charge >= 0.3 is 0 Å². The van der Waals surface area contributed by atoms with Crippen LogP contribution in [0.2, 0.25) is 10.0 Å². The van der Waals surface area contributed by atoms with Gasteiger partial charge in [0, 0.05) is 42.1 Å². The maximum Gasteiger partial charge on any atom is 0.225 e. The van der Waals surface area contributed by atoms with Crippen LogP contribution in [0.4, 0.5) is 10.1 Å². The van der Waals surface area contributed by atoms with E-state index in [1.807, 2.05) is 24.0 Å². The third kappa shape index (κ3) is 5.47. The highest BCUT2D eigenvalue weighted by Gasteiger charge is 2.27. The first-order chi connectivity index (χ1) is 14.3. The first-order valence-corrected chi connectivity index (χ1v) is 11.3. The zero-order chi connectivity index (χ0) is 21.8. The van der Waals surface area contributed by atoms with Crippen molar-refractivity contribution >= 4 is 34.8 Å². The topological polar surface area (TPSA) is 23.6 Å². The molecule has 0 radical (unpaired) electrons. The molecule has 0 unspecified atom stereocenters. The molecule has 1 fully saturated rings. The monoisotopic (exact) mass is 450 g/mol. The van der Waals surface area contributed by atoms with Gasteiger partial charge in [-0.05, 0) is 48.1 Å². The van der Waals surface area contributed by atoms with Crippen molar-refractivity contribution < 1.29 is 9.18 Å². The lowest BCUT2D eigenvalue weighted by Gasteiger charge is -2.38. The number of hydrogen-bond acceptors (Lipinski definition) is 2. The molecule has 6 heteroatoms. The fourth-order valence-corrected chi connectivity index (χ4v) is 4.57. The predicted octanol–water partition coefficient (Wildman–Crippen LogP) is 5.86. The molecular formula is C24H29Cl2FN2O. The molecule has 0 aliphatic carbocycles. The van der Waals surface area contributed by atoms with Gasteiger partial charge in [0.25, 0.3) is 0 Å². The summed E-state index contributed by atoms with van der Waals surface area (Å²) in [5.74, 6) is 0.199. The molecule has 1 atom stereocenters. The minimum atomic E-state index is -0.182. The van der Waals surface area contributed by atoms with Crippen molar-refractivity contribution in [2.75, 3.05) is 31.1 Å². The van der Waals surface area contributed by atoms with E-state index in [0.29, 0.717) is 54.3 Å². The van der Waals surface area contributed by atoms with Crippen molar-refractivity contribution in [3.8, 4) is 0 Å². The number of nitrogens with zero attached hydrogens (tertiary/aromatic N) is 2. The molecule has 0 aromatic heterocycles. The largest absolute Gasteiger partial charge is 0.365 e. The minimum absolute atomic E-state index is 0.108. The number of amides is 1. The number of halogens is 3. The average molecular weight is 451 g/mol. The number of anilines is 1. The average Bonchev–Trinajstić information content (AvgIpc) is 2.69. The Hall–Kier alpha value is -1.78. The Morgan fingerprint density at radius 2 is 1.70 bits per heavy atom. The Morgan fingerprint density at radius 3 is 2.33 bits per heavy atom. The van der Waals surface area contributed by atoms with E-state index in [9.17, 15) is 9.18 Å². The van der Waals surface area contributed by atoms with E-state index in [1.165, 1.54) is 6.07 Å². The summed E-state index contributed by atoms with van der Waals surface area (Å²) in [7, 11) is 0. The molecule has 162 valence electrons. The fraction of sp³-hybridized carbons (Fsp3) is 0.458. The third-order valence-corrected chi connectivity index (χ3v) is 6.16. The molecule has 0 spiro atoms. The molecule has 2 aromatic carbocycles.